The lowest BCUT2D eigenvalue weighted by atomic mass is 10.0. The van der Waals surface area contributed by atoms with Gasteiger partial charge in [-0.05, 0) is 29.8 Å². The van der Waals surface area contributed by atoms with Gasteiger partial charge in [0.15, 0.2) is 5.82 Å². The Bertz CT molecular complexity index is 740. The van der Waals surface area contributed by atoms with Gasteiger partial charge in [0.25, 0.3) is 0 Å². The number of carbonyl (C=O) groups excluding carboxylic acids is 1. The number of nitrogens with zero attached hydrogens (tertiary/aromatic N) is 4. The van der Waals surface area contributed by atoms with Crippen LogP contribution in [0.3, 0.4) is 0 Å². The summed E-state index contributed by atoms with van der Waals surface area (Å²) in [4.78, 5) is 22.7. The zero-order valence-corrected chi connectivity index (χ0v) is 14.1. The van der Waals surface area contributed by atoms with Crippen molar-refractivity contribution in [3.8, 4) is 0 Å². The molecule has 6 heteroatoms. The van der Waals surface area contributed by atoms with Gasteiger partial charge in [0.05, 0.1) is 6.04 Å². The lowest BCUT2D eigenvalue weighted by Gasteiger charge is -2.23. The molecule has 1 fully saturated rings. The number of aromatic nitrogens is 1. The molecule has 0 aliphatic carbocycles. The van der Waals surface area contributed by atoms with Crippen molar-refractivity contribution in [2.24, 2.45) is 4.99 Å². The average Bonchev–Trinajstić information content (AvgIpc) is 3.00. The number of aliphatic imine (C=N–C) groups is 1. The molecule has 6 nitrogen and oxygen atoms in total. The zero-order chi connectivity index (χ0) is 17.1. The average molecular weight is 323 g/mol. The van der Waals surface area contributed by atoms with Crippen LogP contribution >= 0.6 is 0 Å². The number of hydrazine groups is 1. The number of pyridine rings is 1. The van der Waals surface area contributed by atoms with Crippen LogP contribution in [0.15, 0.2) is 53.7 Å². The second kappa shape index (κ2) is 6.70. The van der Waals surface area contributed by atoms with Gasteiger partial charge in [-0.2, -0.15) is 0 Å². The lowest BCUT2D eigenvalue weighted by molar-refractivity contribution is -0.132. The van der Waals surface area contributed by atoms with E-state index in [1.165, 1.54) is 0 Å². The third-order valence-corrected chi connectivity index (χ3v) is 3.98. The van der Waals surface area contributed by atoms with E-state index in [4.69, 9.17) is 0 Å². The van der Waals surface area contributed by atoms with Crippen molar-refractivity contribution in [3.63, 3.8) is 0 Å². The molecule has 1 amide bonds. The molecule has 0 spiro atoms. The normalized spacial score (nSPS) is 18.5. The highest BCUT2D eigenvalue weighted by Crippen LogP contribution is 2.30. The van der Waals surface area contributed by atoms with Crippen LogP contribution in [0.25, 0.3) is 0 Å². The number of hydrogen-bond donors (Lipinski definition) is 1. The van der Waals surface area contributed by atoms with E-state index in [9.17, 15) is 4.79 Å². The Morgan fingerprint density at radius 1 is 1.25 bits per heavy atom. The summed E-state index contributed by atoms with van der Waals surface area (Å²) in [7, 11) is 4.01. The minimum atomic E-state index is -0.0684. The number of hydrogen-bond acceptors (Lipinski definition) is 4. The quantitative estimate of drug-likeness (QED) is 0.943. The fourth-order valence-corrected chi connectivity index (χ4v) is 2.73. The number of nitrogens with one attached hydrogen (secondary N) is 1. The summed E-state index contributed by atoms with van der Waals surface area (Å²) in [5.74, 6) is 1.33. The molecule has 1 aromatic heterocycles. The predicted molar refractivity (Wildman–Crippen MR) is 95.1 cm³/mol. The maximum Gasteiger partial charge on any atom is 0.238 e. The van der Waals surface area contributed by atoms with Crippen molar-refractivity contribution >= 4 is 23.2 Å². The molecule has 1 atom stereocenters. The van der Waals surface area contributed by atoms with Crippen molar-refractivity contribution in [2.45, 2.75) is 19.4 Å². The van der Waals surface area contributed by atoms with Crippen LogP contribution in [0.1, 0.15) is 24.9 Å². The van der Waals surface area contributed by atoms with Crippen LogP contribution in [0.5, 0.6) is 0 Å². The van der Waals surface area contributed by atoms with E-state index in [1.54, 1.807) is 18.1 Å². The summed E-state index contributed by atoms with van der Waals surface area (Å²) in [6.45, 7) is 1.55. The van der Waals surface area contributed by atoms with Gasteiger partial charge in [0, 0.05) is 39.3 Å². The minimum absolute atomic E-state index is 0.0390. The first kappa shape index (κ1) is 16.0. The van der Waals surface area contributed by atoms with E-state index in [0.29, 0.717) is 12.2 Å². The molecular formula is C18H21N5O. The van der Waals surface area contributed by atoms with E-state index in [-0.39, 0.29) is 11.9 Å². The largest absolute Gasteiger partial charge is 0.378 e. The number of amidine groups is 1. The van der Waals surface area contributed by atoms with Crippen LogP contribution in [0, 0.1) is 0 Å². The highest BCUT2D eigenvalue weighted by molar-refractivity contribution is 5.90. The summed E-state index contributed by atoms with van der Waals surface area (Å²) < 4.78 is 0. The standard InChI is InChI=1S/C18H21N5O/c1-13(24)23-16(14-7-9-15(10-8-14)22(2)3)12-18(21-23)20-17-6-4-5-11-19-17/h4-11,16H,12H2,1-3H3,(H,19,20,21). The first-order chi connectivity index (χ1) is 11.5. The van der Waals surface area contributed by atoms with Crippen LogP contribution in [0.4, 0.5) is 11.5 Å². The van der Waals surface area contributed by atoms with Crippen LogP contribution < -0.4 is 10.3 Å². The van der Waals surface area contributed by atoms with Gasteiger partial charge >= 0.3 is 0 Å². The minimum Gasteiger partial charge on any atom is -0.378 e. The summed E-state index contributed by atoms with van der Waals surface area (Å²) >= 11 is 0. The summed E-state index contributed by atoms with van der Waals surface area (Å²) in [5.41, 5.74) is 5.31. The number of rotatable bonds is 3. The highest BCUT2D eigenvalue weighted by Gasteiger charge is 2.32. The number of carbonyl (C=O) groups is 1. The van der Waals surface area contributed by atoms with Gasteiger partial charge in [-0.1, -0.05) is 18.2 Å². The molecule has 124 valence electrons. The van der Waals surface area contributed by atoms with Gasteiger partial charge < -0.3 is 4.90 Å². The predicted octanol–water partition coefficient (Wildman–Crippen LogP) is 2.68. The molecule has 3 rings (SSSR count). The van der Waals surface area contributed by atoms with Crippen LogP contribution in [0.2, 0.25) is 0 Å². The maximum absolute atomic E-state index is 12.0. The van der Waals surface area contributed by atoms with E-state index in [1.807, 2.05) is 37.2 Å². The molecule has 1 saturated heterocycles. The Balaban J connectivity index is 1.86. The van der Waals surface area contributed by atoms with E-state index in [0.717, 1.165) is 17.1 Å². The van der Waals surface area contributed by atoms with Crippen molar-refractivity contribution in [3.05, 3.63) is 54.2 Å². The summed E-state index contributed by atoms with van der Waals surface area (Å²) in [5, 5.41) is 1.63. The number of anilines is 1. The van der Waals surface area contributed by atoms with Crippen molar-refractivity contribution in [2.75, 3.05) is 19.0 Å². The molecule has 1 aromatic carbocycles. The second-order valence-corrected chi connectivity index (χ2v) is 5.95. The molecule has 0 saturated carbocycles. The first-order valence-corrected chi connectivity index (χ1v) is 7.87. The summed E-state index contributed by atoms with van der Waals surface area (Å²) in [6.07, 6.45) is 2.34. The van der Waals surface area contributed by atoms with Crippen molar-refractivity contribution in [1.82, 2.24) is 15.4 Å². The molecule has 1 aliphatic heterocycles. The highest BCUT2D eigenvalue weighted by atomic mass is 16.2. The molecule has 2 heterocycles. The molecule has 1 unspecified atom stereocenters. The third kappa shape index (κ3) is 3.37. The van der Waals surface area contributed by atoms with Crippen molar-refractivity contribution < 1.29 is 4.79 Å². The molecule has 0 bridgehead atoms. The fraction of sp³-hybridized carbons (Fsp3) is 0.278. The van der Waals surface area contributed by atoms with E-state index < -0.39 is 0 Å². The van der Waals surface area contributed by atoms with Gasteiger partial charge in [-0.25, -0.2) is 15.0 Å². The Morgan fingerprint density at radius 3 is 2.58 bits per heavy atom. The monoisotopic (exact) mass is 323 g/mol. The molecule has 24 heavy (non-hydrogen) atoms. The van der Waals surface area contributed by atoms with E-state index >= 15 is 0 Å². The zero-order valence-electron chi connectivity index (χ0n) is 14.1. The third-order valence-electron chi connectivity index (χ3n) is 3.98. The van der Waals surface area contributed by atoms with Crippen molar-refractivity contribution in [1.29, 1.82) is 0 Å². The topological polar surface area (TPSA) is 60.8 Å². The van der Waals surface area contributed by atoms with Gasteiger partial charge in [-0.3, -0.25) is 10.2 Å². The fourth-order valence-electron chi connectivity index (χ4n) is 2.73. The maximum atomic E-state index is 12.0. The van der Waals surface area contributed by atoms with Crippen LogP contribution in [-0.2, 0) is 4.79 Å². The molecule has 0 radical (unpaired) electrons. The number of amides is 1. The second-order valence-electron chi connectivity index (χ2n) is 5.95. The lowest BCUT2D eigenvalue weighted by Crippen LogP contribution is -2.38. The molecular weight excluding hydrogens is 302 g/mol. The van der Waals surface area contributed by atoms with Gasteiger partial charge in [-0.15, -0.1) is 0 Å². The Kier molecular flexibility index (Phi) is 4.46. The smallest absolute Gasteiger partial charge is 0.238 e. The number of benzene rings is 1. The Hall–Kier alpha value is -2.89. The van der Waals surface area contributed by atoms with Crippen LogP contribution in [-0.4, -0.2) is 35.8 Å². The Labute approximate surface area is 141 Å². The molecule has 2 aromatic rings. The summed E-state index contributed by atoms with van der Waals surface area (Å²) in [6, 6.07) is 13.7. The van der Waals surface area contributed by atoms with Gasteiger partial charge in [0.2, 0.25) is 5.91 Å². The first-order valence-electron chi connectivity index (χ1n) is 7.87. The van der Waals surface area contributed by atoms with Gasteiger partial charge in [0.1, 0.15) is 5.84 Å². The molecule has 1 aliphatic rings. The SMILES string of the molecule is CC(=O)N1N/C(=N\c2ccccn2)CC1c1ccc(N(C)C)cc1. The van der Waals surface area contributed by atoms with E-state index in [2.05, 4.69) is 39.7 Å². The molecule has 1 N–H and O–H groups in total. The Morgan fingerprint density at radius 2 is 2.00 bits per heavy atom.